The van der Waals surface area contributed by atoms with Gasteiger partial charge >= 0.3 is 0 Å². The van der Waals surface area contributed by atoms with Gasteiger partial charge in [-0.15, -0.1) is 0 Å². The number of fused-ring (bicyclic) bond motifs is 4. The lowest BCUT2D eigenvalue weighted by Crippen LogP contribution is -2.28. The van der Waals surface area contributed by atoms with Crippen LogP contribution < -0.4 is 9.80 Å². The summed E-state index contributed by atoms with van der Waals surface area (Å²) in [5, 5.41) is 0. The maximum absolute atomic E-state index is 2.56. The molecule has 8 aromatic carbocycles. The van der Waals surface area contributed by atoms with Gasteiger partial charge in [-0.1, -0.05) is 152 Å². The van der Waals surface area contributed by atoms with Gasteiger partial charge < -0.3 is 9.80 Å². The van der Waals surface area contributed by atoms with Crippen LogP contribution in [0.1, 0.15) is 98.9 Å². The van der Waals surface area contributed by atoms with E-state index in [9.17, 15) is 0 Å². The zero-order valence-corrected chi connectivity index (χ0v) is 39.2. The fourth-order valence-electron chi connectivity index (χ4n) is 11.6. The predicted octanol–water partition coefficient (Wildman–Crippen LogP) is 17.1. The van der Waals surface area contributed by atoms with Gasteiger partial charge in [0.1, 0.15) is 0 Å². The molecule has 0 spiro atoms. The number of benzene rings is 8. The van der Waals surface area contributed by atoms with Crippen LogP contribution in [0, 0.1) is 41.5 Å². The number of para-hydroxylation sites is 2. The molecule has 2 heteroatoms. The number of hydrogen-bond acceptors (Lipinski definition) is 2. The predicted molar refractivity (Wildman–Crippen MR) is 277 cm³/mol. The van der Waals surface area contributed by atoms with E-state index in [1.54, 1.807) is 11.1 Å². The Balaban J connectivity index is 1.13. The van der Waals surface area contributed by atoms with Crippen molar-refractivity contribution in [1.29, 1.82) is 0 Å². The molecule has 8 aromatic rings. The summed E-state index contributed by atoms with van der Waals surface area (Å²) in [6.45, 7) is 13.5. The van der Waals surface area contributed by atoms with Crippen LogP contribution in [0.4, 0.5) is 34.1 Å². The van der Waals surface area contributed by atoms with Crippen LogP contribution in [0.15, 0.2) is 170 Å². The summed E-state index contributed by atoms with van der Waals surface area (Å²) in [5.41, 5.74) is 26.0. The summed E-state index contributed by atoms with van der Waals surface area (Å²) in [6.07, 6.45) is 9.45. The molecule has 0 fully saturated rings. The van der Waals surface area contributed by atoms with Crippen molar-refractivity contribution in [2.75, 3.05) is 9.80 Å². The Morgan fingerprint density at radius 1 is 0.400 bits per heavy atom. The molecule has 2 nitrogen and oxygen atoms in total. The van der Waals surface area contributed by atoms with Gasteiger partial charge in [0.25, 0.3) is 0 Å². The van der Waals surface area contributed by atoms with Crippen molar-refractivity contribution in [2.45, 2.75) is 98.3 Å². The molecule has 324 valence electrons. The number of aryl methyl sites for hydroxylation is 9. The highest BCUT2D eigenvalue weighted by atomic mass is 15.2. The minimum Gasteiger partial charge on any atom is -0.310 e. The normalized spacial score (nSPS) is 13.1. The smallest absolute Gasteiger partial charge is 0.0520 e. The van der Waals surface area contributed by atoms with E-state index >= 15 is 0 Å². The minimum atomic E-state index is -0.376. The molecule has 0 heterocycles. The zero-order valence-electron chi connectivity index (χ0n) is 39.2. The first-order valence-corrected chi connectivity index (χ1v) is 24.0. The third kappa shape index (κ3) is 7.88. The van der Waals surface area contributed by atoms with E-state index < -0.39 is 0 Å². The van der Waals surface area contributed by atoms with E-state index in [2.05, 4.69) is 221 Å². The Morgan fingerprint density at radius 3 is 1.32 bits per heavy atom. The molecule has 10 rings (SSSR count). The Morgan fingerprint density at radius 2 is 0.862 bits per heavy atom. The average molecular weight is 847 g/mol. The highest BCUT2D eigenvalue weighted by Crippen LogP contribution is 2.58. The lowest BCUT2D eigenvalue weighted by molar-refractivity contribution is 0.511. The van der Waals surface area contributed by atoms with Crippen LogP contribution in [0.2, 0.25) is 0 Å². The van der Waals surface area contributed by atoms with E-state index in [1.807, 2.05) is 0 Å². The maximum Gasteiger partial charge on any atom is 0.0520 e. The van der Waals surface area contributed by atoms with Gasteiger partial charge in [-0.3, -0.25) is 0 Å². The van der Waals surface area contributed by atoms with Gasteiger partial charge in [0, 0.05) is 28.2 Å². The van der Waals surface area contributed by atoms with Crippen molar-refractivity contribution >= 4 is 34.1 Å². The van der Waals surface area contributed by atoms with Gasteiger partial charge in [0.05, 0.1) is 11.4 Å². The Labute approximate surface area is 388 Å². The lowest BCUT2D eigenvalue weighted by atomic mass is 9.69. The first kappa shape index (κ1) is 42.3. The molecule has 0 radical (unpaired) electrons. The molecule has 65 heavy (non-hydrogen) atoms. The molecule has 0 aromatic heterocycles. The Bertz CT molecular complexity index is 2800. The number of unbranched alkanes of at least 4 members (excludes halogenated alkanes) is 3. The van der Waals surface area contributed by atoms with Crippen LogP contribution >= 0.6 is 0 Å². The molecule has 0 saturated carbocycles. The monoisotopic (exact) mass is 846 g/mol. The van der Waals surface area contributed by atoms with Gasteiger partial charge in [0.15, 0.2) is 0 Å². The average Bonchev–Trinajstić information content (AvgIpc) is 3.57. The molecule has 0 bridgehead atoms. The molecule has 0 atom stereocenters. The molecule has 0 saturated heterocycles. The highest BCUT2D eigenvalue weighted by molar-refractivity contribution is 5.91. The van der Waals surface area contributed by atoms with Gasteiger partial charge in [-0.25, -0.2) is 0 Å². The summed E-state index contributed by atoms with van der Waals surface area (Å²) in [5.74, 6) is 0. The van der Waals surface area contributed by atoms with Crippen molar-refractivity contribution in [3.05, 3.63) is 237 Å². The quantitative estimate of drug-likeness (QED) is 0.101. The number of nitrogens with zero attached hydrogens (tertiary/aromatic N) is 2. The minimum absolute atomic E-state index is 0.376. The molecular formula is C63H62N2. The van der Waals surface area contributed by atoms with Crippen molar-refractivity contribution in [3.63, 3.8) is 0 Å². The molecular weight excluding hydrogens is 785 g/mol. The second-order valence-corrected chi connectivity index (χ2v) is 19.1. The lowest BCUT2D eigenvalue weighted by Gasteiger charge is -2.36. The Kier molecular flexibility index (Phi) is 11.5. The SMILES string of the molecule is Cc1cc(C)c(N(c2ccccc2)c2ccc3c(c2)C(CCCCCCc2ccc4c(c2)CC4)(c2ccccc2)c2cc(N(c4ccccc4)c4c(C)cc(C)cc4C)ccc2-3)c(C)c1. The van der Waals surface area contributed by atoms with E-state index in [0.717, 1.165) is 19.3 Å². The first-order chi connectivity index (χ1) is 31.7. The number of hydrogen-bond donors (Lipinski definition) is 0. The van der Waals surface area contributed by atoms with E-state index in [1.165, 1.54) is 133 Å². The van der Waals surface area contributed by atoms with Crippen molar-refractivity contribution < 1.29 is 0 Å². The van der Waals surface area contributed by atoms with Crippen molar-refractivity contribution in [1.82, 2.24) is 0 Å². The molecule has 2 aliphatic carbocycles. The van der Waals surface area contributed by atoms with Gasteiger partial charge in [0.2, 0.25) is 0 Å². The number of anilines is 6. The van der Waals surface area contributed by atoms with Crippen LogP contribution in [0.3, 0.4) is 0 Å². The second-order valence-electron chi connectivity index (χ2n) is 19.1. The largest absolute Gasteiger partial charge is 0.310 e. The van der Waals surface area contributed by atoms with E-state index in [4.69, 9.17) is 0 Å². The highest BCUT2D eigenvalue weighted by Gasteiger charge is 2.45. The summed E-state index contributed by atoms with van der Waals surface area (Å²) in [7, 11) is 0. The van der Waals surface area contributed by atoms with E-state index in [-0.39, 0.29) is 5.41 Å². The molecule has 0 unspecified atom stereocenters. The summed E-state index contributed by atoms with van der Waals surface area (Å²) in [6, 6.07) is 64.7. The van der Waals surface area contributed by atoms with Gasteiger partial charge in [-0.2, -0.15) is 0 Å². The molecule has 0 aliphatic heterocycles. The van der Waals surface area contributed by atoms with Crippen LogP contribution in [0.25, 0.3) is 11.1 Å². The summed E-state index contributed by atoms with van der Waals surface area (Å²) < 4.78 is 0. The molecule has 0 N–H and O–H groups in total. The Hall–Kier alpha value is -6.64. The fourth-order valence-corrected chi connectivity index (χ4v) is 11.6. The topological polar surface area (TPSA) is 6.48 Å². The second kappa shape index (κ2) is 17.7. The zero-order chi connectivity index (χ0) is 44.7. The van der Waals surface area contributed by atoms with Crippen molar-refractivity contribution in [2.24, 2.45) is 0 Å². The molecule has 2 aliphatic rings. The first-order valence-electron chi connectivity index (χ1n) is 24.0. The van der Waals surface area contributed by atoms with Crippen LogP contribution in [-0.2, 0) is 24.7 Å². The number of rotatable bonds is 14. The van der Waals surface area contributed by atoms with Crippen LogP contribution in [-0.4, -0.2) is 0 Å². The fraction of sp³-hybridized carbons (Fsp3) is 0.238. The maximum atomic E-state index is 2.56. The third-order valence-electron chi connectivity index (χ3n) is 14.4. The standard InChI is InChI=1S/C63H62N2/c1-43-36-45(3)61(46(4)37-43)64(53-23-15-10-16-24-53)55-31-33-57-58-34-32-56(65(54-25-17-11-18-26-54)62-47(5)38-44(2)39-48(62)6)42-60(58)63(59(57)41-55,52-21-13-9-14-22-52)35-19-8-7-12-20-49-27-28-50-29-30-51(50)40-49/h9-11,13-18,21-28,31-34,36-42H,7-8,12,19-20,29-30,35H2,1-6H3. The molecule has 0 amide bonds. The van der Waals surface area contributed by atoms with Crippen LogP contribution in [0.5, 0.6) is 0 Å². The van der Waals surface area contributed by atoms with Crippen molar-refractivity contribution in [3.8, 4) is 11.1 Å². The third-order valence-corrected chi connectivity index (χ3v) is 14.4. The summed E-state index contributed by atoms with van der Waals surface area (Å²) in [4.78, 5) is 5.01. The van der Waals surface area contributed by atoms with Gasteiger partial charge in [-0.05, 0) is 189 Å². The summed E-state index contributed by atoms with van der Waals surface area (Å²) >= 11 is 0. The van der Waals surface area contributed by atoms with E-state index in [0.29, 0.717) is 0 Å².